The molecule has 1 rings (SSSR count). The van der Waals surface area contributed by atoms with Crippen molar-refractivity contribution >= 4 is 10.2 Å². The first-order chi connectivity index (χ1) is 7.90. The average Bonchev–Trinajstić information content (AvgIpc) is 2.27. The van der Waals surface area contributed by atoms with Gasteiger partial charge in [0.2, 0.25) is 0 Å². The van der Waals surface area contributed by atoms with Gasteiger partial charge in [-0.2, -0.15) is 8.42 Å². The van der Waals surface area contributed by atoms with Crippen molar-refractivity contribution in [1.29, 1.82) is 0 Å². The molecule has 1 aromatic carbocycles. The summed E-state index contributed by atoms with van der Waals surface area (Å²) in [6.45, 7) is 1.57. The van der Waals surface area contributed by atoms with Crippen LogP contribution >= 0.6 is 0 Å². The van der Waals surface area contributed by atoms with Crippen molar-refractivity contribution in [1.82, 2.24) is 0 Å². The number of ether oxygens (including phenoxy) is 2. The van der Waals surface area contributed by atoms with Gasteiger partial charge < -0.3 is 9.47 Å². The first-order valence-corrected chi connectivity index (χ1v) is 6.44. The first kappa shape index (κ1) is 13.9. The van der Waals surface area contributed by atoms with Gasteiger partial charge in [-0.25, -0.2) is 0 Å². The van der Waals surface area contributed by atoms with Crippen LogP contribution in [0.3, 0.4) is 0 Å². The van der Waals surface area contributed by atoms with Crippen LogP contribution in [0.5, 0.6) is 5.75 Å². The van der Waals surface area contributed by atoms with Gasteiger partial charge >= 0.3 is 10.2 Å². The maximum Gasteiger partial charge on any atom is 0.309 e. The molecule has 6 heteroatoms. The number of hydrogen-bond acceptors (Lipinski definition) is 4. The van der Waals surface area contributed by atoms with Crippen molar-refractivity contribution in [2.45, 2.75) is 18.8 Å². The topological polar surface area (TPSA) is 52.6 Å². The Balaban J connectivity index is 3.16. The first-order valence-electron chi connectivity index (χ1n) is 4.99. The number of halogens is 1. The normalized spacial score (nSPS) is 13.4. The number of methoxy groups -OCH3 is 2. The minimum absolute atomic E-state index is 0.274. The Kier molecular flexibility index (Phi) is 4.47. The molecule has 0 aliphatic rings. The summed E-state index contributed by atoms with van der Waals surface area (Å²) in [6.07, 6.45) is 0. The fraction of sp³-hybridized carbons (Fsp3) is 0.455. The summed E-state index contributed by atoms with van der Waals surface area (Å²) in [4.78, 5) is 0. The predicted molar refractivity (Wildman–Crippen MR) is 62.1 cm³/mol. The minimum atomic E-state index is -4.59. The van der Waals surface area contributed by atoms with Crippen LogP contribution in [0.15, 0.2) is 18.2 Å². The Hall–Kier alpha value is -1.14. The van der Waals surface area contributed by atoms with Gasteiger partial charge in [0.25, 0.3) is 0 Å². The molecule has 0 aliphatic carbocycles. The molecule has 1 aromatic rings. The summed E-state index contributed by atoms with van der Waals surface area (Å²) in [5.74, 6) is 0.582. The molecule has 17 heavy (non-hydrogen) atoms. The molecule has 96 valence electrons. The van der Waals surface area contributed by atoms with Gasteiger partial charge in [0.15, 0.2) is 0 Å². The molecule has 0 aliphatic heterocycles. The van der Waals surface area contributed by atoms with E-state index in [0.29, 0.717) is 16.9 Å². The molecule has 4 nitrogen and oxygen atoms in total. The Morgan fingerprint density at radius 1 is 1.35 bits per heavy atom. The smallest absolute Gasteiger partial charge is 0.309 e. The van der Waals surface area contributed by atoms with Crippen LogP contribution in [0.2, 0.25) is 0 Å². The van der Waals surface area contributed by atoms with E-state index >= 15 is 0 Å². The van der Waals surface area contributed by atoms with E-state index in [0.717, 1.165) is 0 Å². The third kappa shape index (κ3) is 3.41. The molecule has 0 N–H and O–H groups in total. The minimum Gasteiger partial charge on any atom is -0.496 e. The van der Waals surface area contributed by atoms with E-state index in [2.05, 4.69) is 0 Å². The third-order valence-electron chi connectivity index (χ3n) is 2.50. The van der Waals surface area contributed by atoms with Crippen molar-refractivity contribution in [3.05, 3.63) is 29.3 Å². The SMILES string of the molecule is COCc1cc(C(C)S(=O)(=O)F)ccc1OC. The van der Waals surface area contributed by atoms with Gasteiger partial charge in [-0.05, 0) is 24.6 Å². The summed E-state index contributed by atoms with van der Waals surface area (Å²) in [6, 6.07) is 4.70. The van der Waals surface area contributed by atoms with Gasteiger partial charge in [-0.15, -0.1) is 3.89 Å². The largest absolute Gasteiger partial charge is 0.496 e. The summed E-state index contributed by atoms with van der Waals surface area (Å²) in [7, 11) is -1.57. The van der Waals surface area contributed by atoms with Crippen molar-refractivity contribution in [3.8, 4) is 5.75 Å². The second-order valence-corrected chi connectivity index (χ2v) is 5.28. The monoisotopic (exact) mass is 262 g/mol. The molecular weight excluding hydrogens is 247 g/mol. The maximum atomic E-state index is 12.9. The summed E-state index contributed by atoms with van der Waals surface area (Å²) in [5.41, 5.74) is 1.06. The molecular formula is C11H15FO4S. The second kappa shape index (κ2) is 5.46. The third-order valence-corrected chi connectivity index (χ3v) is 3.61. The summed E-state index contributed by atoms with van der Waals surface area (Å²) >= 11 is 0. The Morgan fingerprint density at radius 3 is 2.47 bits per heavy atom. The van der Waals surface area contributed by atoms with Gasteiger partial charge in [0.05, 0.1) is 13.7 Å². The molecule has 0 saturated heterocycles. The standard InChI is InChI=1S/C11H15FO4S/c1-8(17(12,13)14)9-4-5-11(16-3)10(6-9)7-15-2/h4-6,8H,7H2,1-3H3. The predicted octanol–water partition coefficient (Wildman–Crippen LogP) is 2.20. The van der Waals surface area contributed by atoms with E-state index < -0.39 is 15.5 Å². The zero-order valence-electron chi connectivity index (χ0n) is 9.94. The van der Waals surface area contributed by atoms with Crippen LogP contribution in [-0.2, 0) is 21.6 Å². The highest BCUT2D eigenvalue weighted by molar-refractivity contribution is 7.86. The van der Waals surface area contributed by atoms with Gasteiger partial charge in [0.1, 0.15) is 11.0 Å². The molecule has 0 heterocycles. The number of hydrogen-bond donors (Lipinski definition) is 0. The molecule has 0 bridgehead atoms. The van der Waals surface area contributed by atoms with Gasteiger partial charge in [-0.3, -0.25) is 0 Å². The van der Waals surface area contributed by atoms with E-state index in [-0.39, 0.29) is 6.61 Å². The van der Waals surface area contributed by atoms with Crippen molar-refractivity contribution in [2.24, 2.45) is 0 Å². The van der Waals surface area contributed by atoms with E-state index in [9.17, 15) is 12.3 Å². The summed E-state index contributed by atoms with van der Waals surface area (Å²) in [5, 5.41) is -1.19. The fourth-order valence-corrected chi connectivity index (χ4v) is 1.95. The van der Waals surface area contributed by atoms with E-state index in [1.807, 2.05) is 0 Å². The van der Waals surface area contributed by atoms with Crippen molar-refractivity contribution < 1.29 is 21.8 Å². The van der Waals surface area contributed by atoms with E-state index in [1.165, 1.54) is 27.2 Å². The maximum absolute atomic E-state index is 12.9. The lowest BCUT2D eigenvalue weighted by Gasteiger charge is -2.12. The van der Waals surface area contributed by atoms with Crippen molar-refractivity contribution in [3.63, 3.8) is 0 Å². The van der Waals surface area contributed by atoms with Gasteiger partial charge in [-0.1, -0.05) is 6.07 Å². The lowest BCUT2D eigenvalue weighted by Crippen LogP contribution is -2.05. The quantitative estimate of drug-likeness (QED) is 0.763. The van der Waals surface area contributed by atoms with Crippen LogP contribution in [0, 0.1) is 0 Å². The Morgan fingerprint density at radius 2 is 2.00 bits per heavy atom. The summed E-state index contributed by atoms with van der Waals surface area (Å²) < 4.78 is 44.6. The highest BCUT2D eigenvalue weighted by Crippen LogP contribution is 2.28. The van der Waals surface area contributed by atoms with Crippen molar-refractivity contribution in [2.75, 3.05) is 14.2 Å². The van der Waals surface area contributed by atoms with Crippen LogP contribution in [-0.4, -0.2) is 22.6 Å². The van der Waals surface area contributed by atoms with Gasteiger partial charge in [0, 0.05) is 12.7 Å². The molecule has 1 atom stereocenters. The average molecular weight is 262 g/mol. The molecule has 0 radical (unpaired) electrons. The molecule has 0 fully saturated rings. The molecule has 0 aromatic heterocycles. The molecule has 1 unspecified atom stereocenters. The number of rotatable bonds is 5. The van der Waals surface area contributed by atoms with Crippen LogP contribution in [0.4, 0.5) is 3.89 Å². The zero-order chi connectivity index (χ0) is 13.1. The second-order valence-electron chi connectivity index (χ2n) is 3.62. The molecule has 0 spiro atoms. The zero-order valence-corrected chi connectivity index (χ0v) is 10.8. The van der Waals surface area contributed by atoms with E-state index in [1.54, 1.807) is 12.1 Å². The number of benzene rings is 1. The lowest BCUT2D eigenvalue weighted by molar-refractivity contribution is 0.181. The Labute approximate surface area is 101 Å². The molecule has 0 saturated carbocycles. The fourth-order valence-electron chi connectivity index (χ4n) is 1.48. The van der Waals surface area contributed by atoms with Crippen LogP contribution in [0.1, 0.15) is 23.3 Å². The molecule has 0 amide bonds. The van der Waals surface area contributed by atoms with E-state index in [4.69, 9.17) is 9.47 Å². The highest BCUT2D eigenvalue weighted by atomic mass is 32.3. The Bertz CT molecular complexity index is 484. The van der Waals surface area contributed by atoms with Crippen LogP contribution < -0.4 is 4.74 Å². The lowest BCUT2D eigenvalue weighted by atomic mass is 10.1. The van der Waals surface area contributed by atoms with Crippen LogP contribution in [0.25, 0.3) is 0 Å². The highest BCUT2D eigenvalue weighted by Gasteiger charge is 2.22.